The summed E-state index contributed by atoms with van der Waals surface area (Å²) < 4.78 is 10.3. The summed E-state index contributed by atoms with van der Waals surface area (Å²) in [5, 5.41) is 2.07. The third-order valence-corrected chi connectivity index (χ3v) is 15.5. The van der Waals surface area contributed by atoms with Gasteiger partial charge in [-0.05, 0) is 59.9 Å². The van der Waals surface area contributed by atoms with E-state index in [1.54, 1.807) is 4.40 Å². The number of rotatable bonds is 7. The summed E-state index contributed by atoms with van der Waals surface area (Å²) in [7, 11) is 0. The second-order valence-electron chi connectivity index (χ2n) is 18.4. The van der Waals surface area contributed by atoms with Crippen molar-refractivity contribution < 1.29 is 24.5 Å². The summed E-state index contributed by atoms with van der Waals surface area (Å²) in [6.07, 6.45) is 3.27. The summed E-state index contributed by atoms with van der Waals surface area (Å²) in [5.74, 6) is 8.79. The molecule has 0 spiro atoms. The monoisotopic (exact) mass is 1040 g/mol. The normalized spacial score (nSPS) is 11.9. The largest absolute Gasteiger partial charge is 0.486 e. The summed E-state index contributed by atoms with van der Waals surface area (Å²) >= 11 is -1.86. The molecule has 0 fully saturated rings. The molecule has 0 saturated carbocycles. The molecule has 61 heavy (non-hydrogen) atoms. The minimum atomic E-state index is -1.86. The van der Waals surface area contributed by atoms with E-state index >= 15 is 0 Å². The Balaban J connectivity index is 0.000000226. The number of para-hydroxylation sites is 2. The number of fused-ring (bicyclic) bond motifs is 4. The molecule has 0 aliphatic heterocycles. The first kappa shape index (κ1) is 43.9. The third kappa shape index (κ3) is 9.09. The van der Waals surface area contributed by atoms with Gasteiger partial charge in [-0.3, -0.25) is 4.98 Å². The van der Waals surface area contributed by atoms with E-state index in [0.29, 0.717) is 11.6 Å². The maximum Gasteiger partial charge on any atom is 0.216 e. The molecule has 0 unspecified atom stereocenters. The van der Waals surface area contributed by atoms with Gasteiger partial charge in [-0.1, -0.05) is 87.2 Å². The predicted molar refractivity (Wildman–Crippen MR) is 254 cm³/mol. The summed E-state index contributed by atoms with van der Waals surface area (Å²) in [5.41, 5.74) is 14.5. The van der Waals surface area contributed by atoms with E-state index in [2.05, 4.69) is 167 Å². The Hall–Kier alpha value is -5.14. The third-order valence-electron chi connectivity index (χ3n) is 11.1. The zero-order valence-electron chi connectivity index (χ0n) is 36.9. The van der Waals surface area contributed by atoms with E-state index in [1.807, 2.05) is 43.3 Å². The van der Waals surface area contributed by atoms with Gasteiger partial charge in [0.15, 0.2) is 0 Å². The van der Waals surface area contributed by atoms with Gasteiger partial charge >= 0.3 is 126 Å². The first-order valence-corrected chi connectivity index (χ1v) is 28.4. The summed E-state index contributed by atoms with van der Waals surface area (Å²) in [6.45, 7) is 15.4. The smallest absolute Gasteiger partial charge is 0.216 e. The molecule has 4 aromatic heterocycles. The molecule has 0 bridgehead atoms. The second kappa shape index (κ2) is 17.7. The second-order valence-corrected chi connectivity index (χ2v) is 29.0. The van der Waals surface area contributed by atoms with Crippen molar-refractivity contribution in [3.05, 3.63) is 162 Å². The number of imidazole rings is 1. The van der Waals surface area contributed by atoms with Crippen molar-refractivity contribution in [2.75, 3.05) is 0 Å². The Kier molecular flexibility index (Phi) is 12.7. The van der Waals surface area contributed by atoms with E-state index in [4.69, 9.17) is 19.4 Å². The molecule has 7 heteroatoms. The Labute approximate surface area is 377 Å². The quantitative estimate of drug-likeness (QED) is 0.118. The number of pyridine rings is 2. The van der Waals surface area contributed by atoms with Crippen molar-refractivity contribution in [3.63, 3.8) is 0 Å². The van der Waals surface area contributed by atoms with Crippen LogP contribution in [0.2, 0.25) is 17.3 Å². The number of benzene rings is 5. The van der Waals surface area contributed by atoms with Gasteiger partial charge in [0, 0.05) is 42.4 Å². The Morgan fingerprint density at radius 3 is 2.25 bits per heavy atom. The average Bonchev–Trinajstić information content (AvgIpc) is 3.80. The van der Waals surface area contributed by atoms with Crippen molar-refractivity contribution in [3.8, 4) is 39.5 Å². The fourth-order valence-corrected chi connectivity index (χ4v) is 11.4. The van der Waals surface area contributed by atoms with Crippen LogP contribution in [0.4, 0.5) is 0 Å². The molecule has 0 saturated heterocycles. The van der Waals surface area contributed by atoms with Crippen LogP contribution in [0, 0.1) is 31.9 Å². The van der Waals surface area contributed by atoms with Crippen molar-refractivity contribution >= 4 is 50.8 Å². The van der Waals surface area contributed by atoms with Crippen LogP contribution in [0.15, 0.2) is 132 Å². The van der Waals surface area contributed by atoms with Crippen LogP contribution >= 0.6 is 0 Å². The molecule has 0 amide bonds. The number of aromatic nitrogens is 4. The number of hydrogen-bond acceptors (Lipinski definition) is 4. The van der Waals surface area contributed by atoms with Crippen molar-refractivity contribution in [2.45, 2.75) is 77.6 Å². The van der Waals surface area contributed by atoms with E-state index in [1.165, 1.54) is 11.1 Å². The Morgan fingerprint density at radius 2 is 1.54 bits per heavy atom. The Morgan fingerprint density at radius 1 is 0.803 bits per heavy atom. The van der Waals surface area contributed by atoms with Crippen LogP contribution in [-0.4, -0.2) is 32.8 Å². The van der Waals surface area contributed by atoms with Crippen molar-refractivity contribution in [1.29, 1.82) is 0 Å². The molecule has 1 radical (unpaired) electrons. The molecule has 311 valence electrons. The van der Waals surface area contributed by atoms with Gasteiger partial charge in [-0.2, -0.15) is 0 Å². The summed E-state index contributed by atoms with van der Waals surface area (Å²) in [6, 6.07) is 49.0. The first-order chi connectivity index (χ1) is 28.7. The molecule has 0 N–H and O–H groups in total. The molecule has 0 atom stereocenters. The van der Waals surface area contributed by atoms with Crippen LogP contribution < -0.4 is 4.40 Å². The number of furan rings is 1. The molecule has 9 aromatic rings. The van der Waals surface area contributed by atoms with Gasteiger partial charge in [0.05, 0.1) is 22.4 Å². The number of hydrogen-bond donors (Lipinski definition) is 0. The van der Waals surface area contributed by atoms with Crippen LogP contribution in [-0.2, 0) is 31.9 Å². The minimum Gasteiger partial charge on any atom is -0.486 e. The van der Waals surface area contributed by atoms with Crippen molar-refractivity contribution in [1.82, 2.24) is 19.5 Å². The van der Waals surface area contributed by atoms with E-state index < -0.39 is 13.3 Å². The van der Waals surface area contributed by atoms with E-state index in [-0.39, 0.29) is 25.5 Å². The van der Waals surface area contributed by atoms with Gasteiger partial charge in [0.25, 0.3) is 0 Å². The zero-order valence-corrected chi connectivity index (χ0v) is 41.4. The number of nitrogens with zero attached hydrogens (tertiary/aromatic N) is 4. The van der Waals surface area contributed by atoms with Crippen LogP contribution in [0.3, 0.4) is 0 Å². The van der Waals surface area contributed by atoms with E-state index in [0.717, 1.165) is 84.5 Å². The molecule has 4 heterocycles. The van der Waals surface area contributed by atoms with Gasteiger partial charge in [0.1, 0.15) is 0 Å². The first-order valence-electron chi connectivity index (χ1n) is 21.0. The average molecular weight is 1040 g/mol. The van der Waals surface area contributed by atoms with Gasteiger partial charge < -0.3 is 8.98 Å². The molecular formula is C54H54GeIrN4O-2. The standard InChI is InChI=1S/C36H30N3O.C18H24GeN.Ir/c1-22-15-18-27(33-32(22)26-19-16-23(2)37-35(26)40-33)34-38-29-13-9-10-14-31(29)39(34)30-20-17-25(36(3,4)5)21-28(30)24-11-7-6-8-12-24;1-14(2)11-16-12-18(15-9-7-6-8-10-15)20-13-17(16)19(3,4)5;/h6-17,19-21H,1-5H3;6-9,12-14H,11H2,1-5H3;/q2*-1;. The van der Waals surface area contributed by atoms with Crippen LogP contribution in [0.1, 0.15) is 57.0 Å². The van der Waals surface area contributed by atoms with Gasteiger partial charge in [-0.15, -0.1) is 17.7 Å². The fraction of sp³-hybridized carbons (Fsp3) is 0.241. The molecule has 0 aliphatic rings. The SMILES string of the molecule is CC(C)Cc1cc(-c2[c-]cccc2)nc[c]1[Ge]([CH3])([CH3])[CH3].Cc1ccc2c(n1)oc1c(-c3nc4ccccc4n3-c3ccc(C(C)(C)C)cc3-c3ccccc3)[c-]cc(C)c12.[Ir]. The molecule has 0 aliphatic carbocycles. The predicted octanol–water partition coefficient (Wildman–Crippen LogP) is 13.7. The number of aryl methyl sites for hydroxylation is 2. The molecular weight excluding hydrogens is 985 g/mol. The minimum absolute atomic E-state index is 0. The zero-order chi connectivity index (χ0) is 42.3. The summed E-state index contributed by atoms with van der Waals surface area (Å²) in [4.78, 5) is 14.6. The maximum absolute atomic E-state index is 6.47. The fourth-order valence-electron chi connectivity index (χ4n) is 8.09. The Bertz CT molecular complexity index is 2970. The molecule has 5 aromatic carbocycles. The van der Waals surface area contributed by atoms with Gasteiger partial charge in [-0.25, -0.2) is 4.98 Å². The van der Waals surface area contributed by atoms with Gasteiger partial charge in [0.2, 0.25) is 5.71 Å². The van der Waals surface area contributed by atoms with E-state index in [9.17, 15) is 0 Å². The van der Waals surface area contributed by atoms with Crippen LogP contribution in [0.5, 0.6) is 0 Å². The topological polar surface area (TPSA) is 56.7 Å². The maximum atomic E-state index is 6.47. The van der Waals surface area contributed by atoms with Crippen molar-refractivity contribution in [2.24, 2.45) is 5.92 Å². The molecule has 9 rings (SSSR count). The van der Waals surface area contributed by atoms with Crippen LogP contribution in [0.25, 0.3) is 72.6 Å². The molecule has 5 nitrogen and oxygen atoms in total.